The molecule has 8 heteroatoms. The minimum Gasteiger partial charge on any atom is -0.330 e. The van der Waals surface area contributed by atoms with Crippen molar-refractivity contribution in [3.05, 3.63) is 40.9 Å². The third-order valence-electron chi connectivity index (χ3n) is 4.79. The van der Waals surface area contributed by atoms with Gasteiger partial charge in [-0.1, -0.05) is 48.7 Å². The Morgan fingerprint density at radius 1 is 1.23 bits per heavy atom. The molecule has 1 aliphatic carbocycles. The second kappa shape index (κ2) is 6.81. The average molecular weight is 373 g/mol. The Labute approximate surface area is 156 Å². The molecule has 0 aliphatic heterocycles. The first-order valence-corrected chi connectivity index (χ1v) is 9.33. The van der Waals surface area contributed by atoms with E-state index in [-0.39, 0.29) is 0 Å². The zero-order valence-corrected chi connectivity index (χ0v) is 15.4. The van der Waals surface area contributed by atoms with Crippen molar-refractivity contribution in [2.45, 2.75) is 51.0 Å². The highest BCUT2D eigenvalue weighted by Gasteiger charge is 2.36. The molecule has 26 heavy (non-hydrogen) atoms. The summed E-state index contributed by atoms with van der Waals surface area (Å²) in [5, 5.41) is 9.28. The second-order valence-corrected chi connectivity index (χ2v) is 7.16. The van der Waals surface area contributed by atoms with E-state index >= 15 is 0 Å². The molecule has 2 aromatic heterocycles. The molecule has 4 rings (SSSR count). The molecule has 0 unspecified atom stereocenters. The highest BCUT2D eigenvalue weighted by Crippen LogP contribution is 2.35. The topological polar surface area (TPSA) is 95.7 Å². The summed E-state index contributed by atoms with van der Waals surface area (Å²) in [6.45, 7) is 2.09. The number of hydrogen-bond donors (Lipinski definition) is 1. The van der Waals surface area contributed by atoms with E-state index in [1.807, 2.05) is 24.3 Å². The van der Waals surface area contributed by atoms with Crippen LogP contribution >= 0.6 is 11.6 Å². The van der Waals surface area contributed by atoms with Crippen molar-refractivity contribution in [1.29, 1.82) is 0 Å². The summed E-state index contributed by atoms with van der Waals surface area (Å²) in [5.41, 5.74) is 6.70. The maximum atomic E-state index is 6.42. The van der Waals surface area contributed by atoms with Gasteiger partial charge in [-0.2, -0.15) is 4.98 Å². The molecule has 0 bridgehead atoms. The molecular formula is C18H21ClN6O. The molecule has 1 aromatic carbocycles. The molecule has 0 spiro atoms. The van der Waals surface area contributed by atoms with E-state index in [1.165, 1.54) is 0 Å². The van der Waals surface area contributed by atoms with Crippen LogP contribution in [0.3, 0.4) is 0 Å². The van der Waals surface area contributed by atoms with Crippen molar-refractivity contribution in [3.63, 3.8) is 0 Å². The summed E-state index contributed by atoms with van der Waals surface area (Å²) < 4.78 is 7.18. The SMILES string of the molecule is CCCc1nc(-c2nc(C3(N)CCCC3)no2)nn1-c1ccccc1Cl. The predicted octanol–water partition coefficient (Wildman–Crippen LogP) is 3.65. The number of rotatable bonds is 5. The number of benzene rings is 1. The van der Waals surface area contributed by atoms with E-state index in [1.54, 1.807) is 4.68 Å². The monoisotopic (exact) mass is 372 g/mol. The summed E-state index contributed by atoms with van der Waals surface area (Å²) in [5.74, 6) is 2.03. The largest absolute Gasteiger partial charge is 0.330 e. The fourth-order valence-electron chi connectivity index (χ4n) is 3.38. The Morgan fingerprint density at radius 2 is 2.00 bits per heavy atom. The Kier molecular flexibility index (Phi) is 4.50. The van der Waals surface area contributed by atoms with Gasteiger partial charge in [-0.15, -0.1) is 5.10 Å². The van der Waals surface area contributed by atoms with E-state index < -0.39 is 5.54 Å². The van der Waals surface area contributed by atoms with E-state index in [9.17, 15) is 0 Å². The lowest BCUT2D eigenvalue weighted by atomic mass is 9.99. The van der Waals surface area contributed by atoms with Crippen LogP contribution in [0.4, 0.5) is 0 Å². The summed E-state index contributed by atoms with van der Waals surface area (Å²) in [4.78, 5) is 9.10. The van der Waals surface area contributed by atoms with E-state index in [0.717, 1.165) is 50.0 Å². The van der Waals surface area contributed by atoms with Gasteiger partial charge in [-0.3, -0.25) is 0 Å². The van der Waals surface area contributed by atoms with Gasteiger partial charge < -0.3 is 10.3 Å². The van der Waals surface area contributed by atoms with Gasteiger partial charge in [0, 0.05) is 6.42 Å². The molecule has 1 saturated carbocycles. The molecular weight excluding hydrogens is 352 g/mol. The number of halogens is 1. The summed E-state index contributed by atoms with van der Waals surface area (Å²) >= 11 is 6.34. The van der Waals surface area contributed by atoms with Crippen LogP contribution in [0, 0.1) is 0 Å². The first-order valence-electron chi connectivity index (χ1n) is 8.95. The molecule has 1 aliphatic rings. The molecule has 136 valence electrons. The van der Waals surface area contributed by atoms with Gasteiger partial charge in [0.1, 0.15) is 5.82 Å². The van der Waals surface area contributed by atoms with Gasteiger partial charge in [0.25, 0.3) is 5.89 Å². The molecule has 1 fully saturated rings. The highest BCUT2D eigenvalue weighted by atomic mass is 35.5. The molecule has 0 atom stereocenters. The van der Waals surface area contributed by atoms with Crippen LogP contribution < -0.4 is 5.73 Å². The number of nitrogens with two attached hydrogens (primary N) is 1. The van der Waals surface area contributed by atoms with Crippen LogP contribution in [0.15, 0.2) is 28.8 Å². The Morgan fingerprint density at radius 3 is 2.73 bits per heavy atom. The van der Waals surface area contributed by atoms with Crippen molar-refractivity contribution in [3.8, 4) is 17.4 Å². The number of aryl methyl sites for hydroxylation is 1. The third-order valence-corrected chi connectivity index (χ3v) is 5.11. The van der Waals surface area contributed by atoms with E-state index in [2.05, 4.69) is 27.1 Å². The number of hydrogen-bond acceptors (Lipinski definition) is 6. The van der Waals surface area contributed by atoms with Gasteiger partial charge in [0.05, 0.1) is 16.2 Å². The molecule has 0 saturated heterocycles. The van der Waals surface area contributed by atoms with Gasteiger partial charge in [-0.25, -0.2) is 9.67 Å². The van der Waals surface area contributed by atoms with E-state index in [4.69, 9.17) is 21.9 Å². The maximum absolute atomic E-state index is 6.42. The lowest BCUT2D eigenvalue weighted by Crippen LogP contribution is -2.34. The van der Waals surface area contributed by atoms with Gasteiger partial charge >= 0.3 is 0 Å². The number of aromatic nitrogens is 5. The lowest BCUT2D eigenvalue weighted by Gasteiger charge is -2.17. The average Bonchev–Trinajstić information content (AvgIpc) is 3.35. The molecule has 2 heterocycles. The predicted molar refractivity (Wildman–Crippen MR) is 98.0 cm³/mol. The first kappa shape index (κ1) is 17.2. The molecule has 0 radical (unpaired) electrons. The zero-order valence-electron chi connectivity index (χ0n) is 14.7. The maximum Gasteiger partial charge on any atom is 0.297 e. The fourth-order valence-corrected chi connectivity index (χ4v) is 3.60. The lowest BCUT2D eigenvalue weighted by molar-refractivity contribution is 0.372. The van der Waals surface area contributed by atoms with Crippen molar-refractivity contribution in [2.24, 2.45) is 5.73 Å². The first-order chi connectivity index (χ1) is 12.6. The van der Waals surface area contributed by atoms with Gasteiger partial charge in [-0.05, 0) is 31.4 Å². The normalized spacial score (nSPS) is 16.3. The summed E-state index contributed by atoms with van der Waals surface area (Å²) in [6, 6.07) is 7.54. The van der Waals surface area contributed by atoms with Crippen LogP contribution in [0.25, 0.3) is 17.4 Å². The minimum atomic E-state index is -0.501. The quantitative estimate of drug-likeness (QED) is 0.734. The Hall–Kier alpha value is -2.25. The minimum absolute atomic E-state index is 0.292. The summed E-state index contributed by atoms with van der Waals surface area (Å²) in [6.07, 6.45) is 5.60. The van der Waals surface area contributed by atoms with Crippen LogP contribution in [-0.4, -0.2) is 24.9 Å². The van der Waals surface area contributed by atoms with Gasteiger partial charge in [0.2, 0.25) is 5.82 Å². The second-order valence-electron chi connectivity index (χ2n) is 6.75. The van der Waals surface area contributed by atoms with Gasteiger partial charge in [0.15, 0.2) is 5.82 Å². The number of para-hydroxylation sites is 1. The highest BCUT2D eigenvalue weighted by molar-refractivity contribution is 6.32. The fraction of sp³-hybridized carbons (Fsp3) is 0.444. The van der Waals surface area contributed by atoms with E-state index in [0.29, 0.717) is 22.6 Å². The van der Waals surface area contributed by atoms with Crippen molar-refractivity contribution >= 4 is 11.6 Å². The van der Waals surface area contributed by atoms with Crippen LogP contribution in [-0.2, 0) is 12.0 Å². The van der Waals surface area contributed by atoms with Crippen molar-refractivity contribution in [2.75, 3.05) is 0 Å². The Bertz CT molecular complexity index is 912. The van der Waals surface area contributed by atoms with Crippen LogP contribution in [0.5, 0.6) is 0 Å². The summed E-state index contributed by atoms with van der Waals surface area (Å²) in [7, 11) is 0. The third kappa shape index (κ3) is 3.01. The van der Waals surface area contributed by atoms with Crippen molar-refractivity contribution < 1.29 is 4.52 Å². The van der Waals surface area contributed by atoms with Crippen molar-refractivity contribution in [1.82, 2.24) is 24.9 Å². The standard InChI is InChI=1S/C18H21ClN6O/c1-2-7-14-21-15(23-25(14)13-9-4-3-8-12(13)19)16-22-17(24-26-16)18(20)10-5-6-11-18/h3-4,8-9H,2,5-7,10-11,20H2,1H3. The van der Waals surface area contributed by atoms with Crippen LogP contribution in [0.2, 0.25) is 5.02 Å². The zero-order chi connectivity index (χ0) is 18.1. The molecule has 7 nitrogen and oxygen atoms in total. The Balaban J connectivity index is 1.73. The smallest absolute Gasteiger partial charge is 0.297 e. The molecule has 2 N–H and O–H groups in total. The molecule has 0 amide bonds. The molecule has 3 aromatic rings. The van der Waals surface area contributed by atoms with Crippen LogP contribution in [0.1, 0.15) is 50.7 Å². The number of nitrogens with zero attached hydrogens (tertiary/aromatic N) is 5.